The molecule has 0 atom stereocenters. The summed E-state index contributed by atoms with van der Waals surface area (Å²) in [5, 5.41) is 0. The first kappa shape index (κ1) is 23.6. The highest BCUT2D eigenvalue weighted by Gasteiger charge is 2.02. The minimum absolute atomic E-state index is 0.0217. The Bertz CT molecular complexity index is 354. The molecule has 0 aromatic rings. The standard InChI is InChI=1S/C19H34O6/c1-3-4-5-6-7-8-9-10-18(20)11-12-24-17-19(21)25-16-15-23-14-13-22-2/h11-12H,3-10,13-17H2,1-2H3/b12-11-. The van der Waals surface area contributed by atoms with Crippen molar-refractivity contribution < 1.29 is 28.5 Å². The lowest BCUT2D eigenvalue weighted by Gasteiger charge is -2.05. The number of esters is 1. The summed E-state index contributed by atoms with van der Waals surface area (Å²) < 4.78 is 19.9. The Morgan fingerprint density at radius 2 is 1.56 bits per heavy atom. The summed E-state index contributed by atoms with van der Waals surface area (Å²) in [6, 6.07) is 0. The molecule has 0 unspecified atom stereocenters. The molecule has 0 saturated carbocycles. The van der Waals surface area contributed by atoms with Crippen molar-refractivity contribution in [1.29, 1.82) is 0 Å². The summed E-state index contributed by atoms with van der Waals surface area (Å²) in [7, 11) is 1.59. The maximum Gasteiger partial charge on any atom is 0.344 e. The lowest BCUT2D eigenvalue weighted by Crippen LogP contribution is -2.15. The van der Waals surface area contributed by atoms with Gasteiger partial charge in [-0.3, -0.25) is 4.79 Å². The van der Waals surface area contributed by atoms with Gasteiger partial charge in [0, 0.05) is 19.6 Å². The number of rotatable bonds is 18. The second-order valence-electron chi connectivity index (χ2n) is 5.78. The minimum Gasteiger partial charge on any atom is -0.489 e. The van der Waals surface area contributed by atoms with E-state index in [1.165, 1.54) is 44.4 Å². The zero-order chi connectivity index (χ0) is 18.6. The molecule has 0 amide bonds. The Hall–Kier alpha value is -1.40. The highest BCUT2D eigenvalue weighted by atomic mass is 16.6. The number of unbranched alkanes of at least 4 members (excludes halogenated alkanes) is 6. The van der Waals surface area contributed by atoms with E-state index >= 15 is 0 Å². The van der Waals surface area contributed by atoms with Crippen molar-refractivity contribution >= 4 is 11.8 Å². The number of allylic oxidation sites excluding steroid dienone is 1. The van der Waals surface area contributed by atoms with Crippen LogP contribution in [-0.4, -0.2) is 51.9 Å². The SMILES string of the molecule is CCCCCCCCCC(=O)/C=C\OCC(=O)OCCOCCOC. The van der Waals surface area contributed by atoms with Gasteiger partial charge >= 0.3 is 5.97 Å². The molecule has 0 aromatic heterocycles. The van der Waals surface area contributed by atoms with Crippen molar-refractivity contribution in [1.82, 2.24) is 0 Å². The van der Waals surface area contributed by atoms with Crippen molar-refractivity contribution in [2.45, 2.75) is 58.3 Å². The van der Waals surface area contributed by atoms with Crippen LogP contribution in [0, 0.1) is 0 Å². The van der Waals surface area contributed by atoms with Crippen LogP contribution in [-0.2, 0) is 28.5 Å². The number of carbonyl (C=O) groups excluding carboxylic acids is 2. The molecule has 0 saturated heterocycles. The van der Waals surface area contributed by atoms with Crippen molar-refractivity contribution in [3.05, 3.63) is 12.3 Å². The molecule has 146 valence electrons. The Morgan fingerprint density at radius 3 is 2.28 bits per heavy atom. The van der Waals surface area contributed by atoms with Gasteiger partial charge in [-0.1, -0.05) is 45.4 Å². The highest BCUT2D eigenvalue weighted by molar-refractivity contribution is 5.89. The van der Waals surface area contributed by atoms with Gasteiger partial charge in [0.25, 0.3) is 0 Å². The van der Waals surface area contributed by atoms with Crippen molar-refractivity contribution in [3.8, 4) is 0 Å². The molecule has 0 bridgehead atoms. The lowest BCUT2D eigenvalue weighted by molar-refractivity contribution is -0.148. The van der Waals surface area contributed by atoms with E-state index in [4.69, 9.17) is 18.9 Å². The second kappa shape index (κ2) is 18.9. The first-order valence-electron chi connectivity index (χ1n) is 9.24. The normalized spacial score (nSPS) is 11.0. The van der Waals surface area contributed by atoms with E-state index in [0.29, 0.717) is 26.2 Å². The third kappa shape index (κ3) is 18.8. The monoisotopic (exact) mass is 358 g/mol. The molecule has 6 nitrogen and oxygen atoms in total. The summed E-state index contributed by atoms with van der Waals surface area (Å²) in [6.45, 7) is 3.46. The molecule has 0 aliphatic carbocycles. The van der Waals surface area contributed by atoms with Crippen LogP contribution in [0.4, 0.5) is 0 Å². The Balaban J connectivity index is 3.44. The predicted molar refractivity (Wildman–Crippen MR) is 96.4 cm³/mol. The van der Waals surface area contributed by atoms with E-state index in [1.54, 1.807) is 7.11 Å². The van der Waals surface area contributed by atoms with Gasteiger partial charge in [0.15, 0.2) is 12.4 Å². The number of hydrogen-bond donors (Lipinski definition) is 0. The van der Waals surface area contributed by atoms with Crippen LogP contribution in [0.2, 0.25) is 0 Å². The van der Waals surface area contributed by atoms with Gasteiger partial charge in [-0.05, 0) is 6.42 Å². The smallest absolute Gasteiger partial charge is 0.344 e. The van der Waals surface area contributed by atoms with Gasteiger partial charge in [0.2, 0.25) is 0 Å². The van der Waals surface area contributed by atoms with E-state index in [9.17, 15) is 9.59 Å². The fraction of sp³-hybridized carbons (Fsp3) is 0.789. The van der Waals surface area contributed by atoms with Gasteiger partial charge < -0.3 is 18.9 Å². The topological polar surface area (TPSA) is 71.1 Å². The van der Waals surface area contributed by atoms with E-state index < -0.39 is 5.97 Å². The number of hydrogen-bond acceptors (Lipinski definition) is 6. The zero-order valence-electron chi connectivity index (χ0n) is 15.8. The molecular formula is C19H34O6. The number of methoxy groups -OCH3 is 1. The average Bonchev–Trinajstić information content (AvgIpc) is 2.61. The Kier molecular flexibility index (Phi) is 17.9. The van der Waals surface area contributed by atoms with Crippen molar-refractivity contribution in [2.75, 3.05) is 40.1 Å². The molecular weight excluding hydrogens is 324 g/mol. The van der Waals surface area contributed by atoms with E-state index in [0.717, 1.165) is 12.8 Å². The summed E-state index contributed by atoms with van der Waals surface area (Å²) in [4.78, 5) is 23.0. The van der Waals surface area contributed by atoms with Gasteiger partial charge in [-0.25, -0.2) is 4.79 Å². The molecule has 0 N–H and O–H groups in total. The molecule has 0 rings (SSSR count). The summed E-state index contributed by atoms with van der Waals surface area (Å²) in [6.07, 6.45) is 11.4. The van der Waals surface area contributed by atoms with Crippen LogP contribution in [0.5, 0.6) is 0 Å². The van der Waals surface area contributed by atoms with Gasteiger partial charge in [0.1, 0.15) is 6.61 Å². The van der Waals surface area contributed by atoms with Gasteiger partial charge in [-0.2, -0.15) is 0 Å². The van der Waals surface area contributed by atoms with Crippen LogP contribution in [0.25, 0.3) is 0 Å². The van der Waals surface area contributed by atoms with Crippen molar-refractivity contribution in [2.24, 2.45) is 0 Å². The Labute approximate surface area is 151 Å². The predicted octanol–water partition coefficient (Wildman–Crippen LogP) is 3.43. The molecule has 25 heavy (non-hydrogen) atoms. The summed E-state index contributed by atoms with van der Waals surface area (Å²) >= 11 is 0. The number of carbonyl (C=O) groups is 2. The first-order valence-corrected chi connectivity index (χ1v) is 9.24. The largest absolute Gasteiger partial charge is 0.489 e. The first-order chi connectivity index (χ1) is 12.2. The molecule has 0 aliphatic rings. The zero-order valence-corrected chi connectivity index (χ0v) is 15.8. The van der Waals surface area contributed by atoms with Crippen LogP contribution in [0.15, 0.2) is 12.3 Å². The van der Waals surface area contributed by atoms with Crippen LogP contribution in [0.1, 0.15) is 58.3 Å². The highest BCUT2D eigenvalue weighted by Crippen LogP contribution is 2.08. The molecule has 0 aliphatic heterocycles. The van der Waals surface area contributed by atoms with Gasteiger partial charge in [-0.15, -0.1) is 0 Å². The maximum absolute atomic E-state index is 11.6. The van der Waals surface area contributed by atoms with E-state index in [2.05, 4.69) is 6.92 Å². The fourth-order valence-corrected chi connectivity index (χ4v) is 2.08. The molecule has 0 fully saturated rings. The third-order valence-electron chi connectivity index (χ3n) is 3.50. The molecule has 0 heterocycles. The number of ether oxygens (including phenoxy) is 4. The second-order valence-corrected chi connectivity index (χ2v) is 5.78. The molecule has 0 spiro atoms. The van der Waals surface area contributed by atoms with Gasteiger partial charge in [0.05, 0.1) is 26.1 Å². The van der Waals surface area contributed by atoms with E-state index in [-0.39, 0.29) is 19.0 Å². The summed E-state index contributed by atoms with van der Waals surface area (Å²) in [5.41, 5.74) is 0. The maximum atomic E-state index is 11.6. The average molecular weight is 358 g/mol. The quantitative estimate of drug-likeness (QED) is 0.162. The molecule has 0 aromatic carbocycles. The summed E-state index contributed by atoms with van der Waals surface area (Å²) in [5.74, 6) is -0.465. The van der Waals surface area contributed by atoms with E-state index in [1.807, 2.05) is 0 Å². The Morgan fingerprint density at radius 1 is 0.880 bits per heavy atom. The molecule has 0 radical (unpaired) electrons. The third-order valence-corrected chi connectivity index (χ3v) is 3.50. The number of ketones is 1. The van der Waals surface area contributed by atoms with Crippen LogP contribution < -0.4 is 0 Å². The van der Waals surface area contributed by atoms with Crippen LogP contribution >= 0.6 is 0 Å². The molecule has 6 heteroatoms. The minimum atomic E-state index is -0.487. The van der Waals surface area contributed by atoms with Crippen LogP contribution in [0.3, 0.4) is 0 Å². The fourth-order valence-electron chi connectivity index (χ4n) is 2.08. The lowest BCUT2D eigenvalue weighted by atomic mass is 10.1. The van der Waals surface area contributed by atoms with Crippen molar-refractivity contribution in [3.63, 3.8) is 0 Å².